The van der Waals surface area contributed by atoms with E-state index in [0.29, 0.717) is 0 Å². The number of likely N-dealkylation sites (N-methyl/N-ethyl adjacent to an activating group) is 1. The van der Waals surface area contributed by atoms with Gasteiger partial charge in [-0.05, 0) is 20.5 Å². The van der Waals surface area contributed by atoms with Gasteiger partial charge in [0.25, 0.3) is 0 Å². The molecule has 0 aliphatic carbocycles. The van der Waals surface area contributed by atoms with Crippen LogP contribution in [0.4, 0.5) is 0 Å². The molecule has 0 fully saturated rings. The lowest BCUT2D eigenvalue weighted by molar-refractivity contribution is 0.179. The molecule has 53 valence electrons. The van der Waals surface area contributed by atoms with Crippen LogP contribution < -0.4 is 0 Å². The molecule has 2 nitrogen and oxygen atoms in total. The second-order valence-electron chi connectivity index (χ2n) is 2.28. The van der Waals surface area contributed by atoms with Gasteiger partial charge in [-0.2, -0.15) is 0 Å². The Bertz CT molecular complexity index is 62.1. The lowest BCUT2D eigenvalue weighted by atomic mass is 10.4. The third kappa shape index (κ3) is 4.63. The van der Waals surface area contributed by atoms with Crippen LogP contribution in [0.15, 0.2) is 0 Å². The van der Waals surface area contributed by atoms with Crippen LogP contribution in [-0.4, -0.2) is 41.6 Å². The maximum Gasteiger partial charge on any atom is 0.246 e. The minimum absolute atomic E-state index is 0.270. The highest BCUT2D eigenvalue weighted by molar-refractivity contribution is 5.98. The largest absolute Gasteiger partial charge is 0.415 e. The molecule has 0 heterocycles. The van der Waals surface area contributed by atoms with Gasteiger partial charge >= 0.3 is 0 Å². The third-order valence-corrected chi connectivity index (χ3v) is 1.71. The molecule has 0 aliphatic heterocycles. The van der Waals surface area contributed by atoms with Crippen molar-refractivity contribution in [2.24, 2.45) is 0 Å². The molecule has 3 heteroatoms. The van der Waals surface area contributed by atoms with E-state index in [0.717, 1.165) is 13.1 Å². The summed E-state index contributed by atoms with van der Waals surface area (Å²) in [5.41, 5.74) is 0. The van der Waals surface area contributed by atoms with Crippen molar-refractivity contribution in [1.29, 1.82) is 0 Å². The normalized spacial score (nSPS) is 14.3. The molecule has 0 aromatic heterocycles. The van der Waals surface area contributed by atoms with Crippen molar-refractivity contribution in [1.82, 2.24) is 4.90 Å². The molecular weight excluding hydrogens is 130 g/mol. The van der Waals surface area contributed by atoms with Crippen molar-refractivity contribution in [2.75, 3.05) is 20.1 Å². The van der Waals surface area contributed by atoms with E-state index in [1.807, 2.05) is 6.92 Å². The van der Waals surface area contributed by atoms with Gasteiger partial charge in [-0.25, -0.2) is 0 Å². The highest BCUT2D eigenvalue weighted by Crippen LogP contribution is 1.89. The van der Waals surface area contributed by atoms with E-state index in [4.69, 9.17) is 4.43 Å². The quantitative estimate of drug-likeness (QED) is 0.530. The van der Waals surface area contributed by atoms with Crippen LogP contribution in [0.3, 0.4) is 0 Å². The van der Waals surface area contributed by atoms with Crippen molar-refractivity contribution >= 4 is 10.5 Å². The molecule has 1 unspecified atom stereocenters. The van der Waals surface area contributed by atoms with Crippen LogP contribution in [0.1, 0.15) is 13.8 Å². The average molecular weight is 144 g/mol. The Balaban J connectivity index is 3.22. The van der Waals surface area contributed by atoms with Crippen LogP contribution in [0, 0.1) is 0 Å². The predicted molar refractivity (Wildman–Crippen MR) is 39.5 cm³/mol. The van der Waals surface area contributed by atoms with Crippen LogP contribution in [0.25, 0.3) is 0 Å². The summed E-state index contributed by atoms with van der Waals surface area (Å²) in [5, 5.41) is 0. The lowest BCUT2D eigenvalue weighted by Gasteiger charge is -2.17. The summed E-state index contributed by atoms with van der Waals surface area (Å²) in [7, 11) is 5.06. The maximum atomic E-state index is 4.89. The molecule has 0 aromatic rings. The Morgan fingerprint density at radius 1 is 1.67 bits per heavy atom. The van der Waals surface area contributed by atoms with Crippen LogP contribution in [0.5, 0.6) is 0 Å². The summed E-state index contributed by atoms with van der Waals surface area (Å²) in [6.07, 6.45) is 0.270. The first-order chi connectivity index (χ1) is 4.20. The van der Waals surface area contributed by atoms with Gasteiger partial charge in [0.1, 0.15) is 0 Å². The Hall–Kier alpha value is 0.137. The number of rotatable bonds is 4. The molecule has 0 spiro atoms. The van der Waals surface area contributed by atoms with Crippen molar-refractivity contribution in [3.05, 3.63) is 0 Å². The molecule has 0 saturated carbocycles. The maximum absolute atomic E-state index is 4.89. The summed E-state index contributed by atoms with van der Waals surface area (Å²) >= 11 is 0. The predicted octanol–water partition coefficient (Wildman–Crippen LogP) is 0.427. The van der Waals surface area contributed by atoms with E-state index in [9.17, 15) is 0 Å². The van der Waals surface area contributed by atoms with Crippen molar-refractivity contribution in [3.63, 3.8) is 0 Å². The van der Waals surface area contributed by atoms with Gasteiger partial charge in [0.05, 0.1) is 6.10 Å². The fourth-order valence-electron chi connectivity index (χ4n) is 0.605. The van der Waals surface area contributed by atoms with Crippen molar-refractivity contribution < 1.29 is 4.43 Å². The Morgan fingerprint density at radius 2 is 2.22 bits per heavy atom. The minimum atomic E-state index is 0.270. The van der Waals surface area contributed by atoms with E-state index < -0.39 is 0 Å². The van der Waals surface area contributed by atoms with E-state index in [1.165, 1.54) is 0 Å². The molecule has 0 aliphatic rings. The Labute approximate surface area is 60.7 Å². The summed E-state index contributed by atoms with van der Waals surface area (Å²) in [4.78, 5) is 2.20. The second kappa shape index (κ2) is 4.96. The molecule has 0 amide bonds. The number of nitrogens with zero attached hydrogens (tertiary/aromatic N) is 1. The Morgan fingerprint density at radius 3 is 2.56 bits per heavy atom. The molecule has 1 atom stereocenters. The van der Waals surface area contributed by atoms with E-state index >= 15 is 0 Å². The molecule has 0 rings (SSSR count). The smallest absolute Gasteiger partial charge is 0.246 e. The zero-order chi connectivity index (χ0) is 7.28. The first-order valence-electron chi connectivity index (χ1n) is 3.21. The SMILES string of the molecule is CCN(C)CC(C)O[Si]. The molecule has 3 radical (unpaired) electrons. The first-order valence-corrected chi connectivity index (χ1v) is 3.62. The zero-order valence-corrected chi connectivity index (χ0v) is 7.35. The van der Waals surface area contributed by atoms with Gasteiger partial charge in [-0.3, -0.25) is 0 Å². The van der Waals surface area contributed by atoms with Gasteiger partial charge in [-0.1, -0.05) is 6.92 Å². The van der Waals surface area contributed by atoms with Crippen molar-refractivity contribution in [3.8, 4) is 0 Å². The summed E-state index contributed by atoms with van der Waals surface area (Å²) in [5.74, 6) is 0. The van der Waals surface area contributed by atoms with Crippen LogP contribution >= 0.6 is 0 Å². The van der Waals surface area contributed by atoms with Gasteiger partial charge in [0.15, 0.2) is 0 Å². The lowest BCUT2D eigenvalue weighted by Crippen LogP contribution is -2.28. The van der Waals surface area contributed by atoms with Gasteiger partial charge in [0, 0.05) is 6.54 Å². The summed E-state index contributed by atoms with van der Waals surface area (Å²) in [6.45, 7) is 6.19. The topological polar surface area (TPSA) is 12.5 Å². The third-order valence-electron chi connectivity index (χ3n) is 1.31. The standard InChI is InChI=1S/C6H14NOSi/c1-4-7(3)5-6(2)8-9/h6H,4-5H2,1-3H3. The Kier molecular flexibility index (Phi) is 5.04. The minimum Gasteiger partial charge on any atom is -0.415 e. The fraction of sp³-hybridized carbons (Fsp3) is 1.00. The fourth-order valence-corrected chi connectivity index (χ4v) is 0.680. The highest BCUT2D eigenvalue weighted by atomic mass is 28.2. The number of hydrogen-bond acceptors (Lipinski definition) is 2. The first kappa shape index (κ1) is 9.14. The van der Waals surface area contributed by atoms with Crippen molar-refractivity contribution in [2.45, 2.75) is 20.0 Å². The average Bonchev–Trinajstić information content (AvgIpc) is 1.87. The molecular formula is C6H14NOSi. The summed E-state index contributed by atoms with van der Waals surface area (Å²) < 4.78 is 4.89. The molecule has 0 bridgehead atoms. The molecule has 0 N–H and O–H groups in total. The monoisotopic (exact) mass is 144 g/mol. The van der Waals surface area contributed by atoms with E-state index in [2.05, 4.69) is 29.4 Å². The van der Waals surface area contributed by atoms with Gasteiger partial charge < -0.3 is 9.33 Å². The molecule has 9 heavy (non-hydrogen) atoms. The molecule has 0 aromatic carbocycles. The molecule has 0 saturated heterocycles. The zero-order valence-electron chi connectivity index (χ0n) is 6.35. The van der Waals surface area contributed by atoms with E-state index in [-0.39, 0.29) is 6.10 Å². The van der Waals surface area contributed by atoms with E-state index in [1.54, 1.807) is 0 Å². The van der Waals surface area contributed by atoms with Gasteiger partial charge in [0.2, 0.25) is 10.5 Å². The second-order valence-corrected chi connectivity index (χ2v) is 2.52. The number of hydrogen-bond donors (Lipinski definition) is 0. The van der Waals surface area contributed by atoms with Crippen LogP contribution in [0.2, 0.25) is 0 Å². The summed E-state index contributed by atoms with van der Waals surface area (Å²) in [6, 6.07) is 0. The highest BCUT2D eigenvalue weighted by Gasteiger charge is 2.00. The van der Waals surface area contributed by atoms with Gasteiger partial charge in [-0.15, -0.1) is 0 Å². The van der Waals surface area contributed by atoms with Crippen LogP contribution in [-0.2, 0) is 4.43 Å².